The fraction of sp³-hybridized carbons (Fsp3) is 0.185. The second-order valence-corrected chi connectivity index (χ2v) is 7.88. The average Bonchev–Trinajstić information content (AvgIpc) is 3.22. The average molecular weight is 398 g/mol. The summed E-state index contributed by atoms with van der Waals surface area (Å²) in [4.78, 5) is 8.75. The van der Waals surface area contributed by atoms with Crippen molar-refractivity contribution >= 4 is 22.1 Å². The van der Waals surface area contributed by atoms with Gasteiger partial charge in [-0.2, -0.15) is 0 Å². The number of fused-ring (bicyclic) bond motifs is 3. The summed E-state index contributed by atoms with van der Waals surface area (Å²) in [6.45, 7) is 1.47. The van der Waals surface area contributed by atoms with Crippen LogP contribution < -0.4 is 0 Å². The number of pyridine rings is 2. The number of furan rings is 1. The minimum absolute atomic E-state index is 0.0259. The molecule has 3 aromatic heterocycles. The maximum absolute atomic E-state index is 9.05. The number of para-hydroxylation sites is 1. The summed E-state index contributed by atoms with van der Waals surface area (Å²) in [6.07, 6.45) is -0.0833. The third kappa shape index (κ3) is 3.26. The minimum atomic E-state index is -2.33. The van der Waals surface area contributed by atoms with Crippen LogP contribution >= 0.6 is 0 Å². The molecular weight excluding hydrogens is 368 g/mol. The van der Waals surface area contributed by atoms with Crippen molar-refractivity contribution in [2.24, 2.45) is 0 Å². The molecule has 0 radical (unpaired) electrons. The highest BCUT2D eigenvalue weighted by Crippen LogP contribution is 2.35. The zero-order valence-electron chi connectivity index (χ0n) is 21.8. The molecule has 30 heavy (non-hydrogen) atoms. The highest BCUT2D eigenvalue weighted by Gasteiger charge is 2.21. The topological polar surface area (TPSA) is 38.9 Å². The number of aromatic nitrogens is 2. The molecule has 0 saturated carbocycles. The zero-order chi connectivity index (χ0) is 25.0. The first kappa shape index (κ1) is 13.7. The van der Waals surface area contributed by atoms with Crippen LogP contribution in [0.3, 0.4) is 0 Å². The quantitative estimate of drug-likeness (QED) is 0.332. The van der Waals surface area contributed by atoms with Gasteiger partial charge >= 0.3 is 0 Å². The van der Waals surface area contributed by atoms with Gasteiger partial charge in [0.15, 0.2) is 0 Å². The summed E-state index contributed by atoms with van der Waals surface area (Å²) in [7, 11) is 0. The van der Waals surface area contributed by atoms with E-state index >= 15 is 0 Å². The molecular formula is C27H24N2O. The molecule has 0 N–H and O–H groups in total. The second kappa shape index (κ2) is 7.10. The van der Waals surface area contributed by atoms with Gasteiger partial charge in [0.2, 0.25) is 5.71 Å². The molecule has 3 heterocycles. The fourth-order valence-electron chi connectivity index (χ4n) is 3.82. The molecule has 0 amide bonds. The third-order valence-electron chi connectivity index (χ3n) is 5.35. The predicted octanol–water partition coefficient (Wildman–Crippen LogP) is 6.87. The molecule has 0 unspecified atom stereocenters. The van der Waals surface area contributed by atoms with Crippen molar-refractivity contribution in [1.82, 2.24) is 9.97 Å². The lowest BCUT2D eigenvalue weighted by Crippen LogP contribution is -2.20. The Morgan fingerprint density at radius 2 is 1.83 bits per heavy atom. The van der Waals surface area contributed by atoms with Crippen molar-refractivity contribution < 1.29 is 11.3 Å². The van der Waals surface area contributed by atoms with Gasteiger partial charge in [-0.05, 0) is 60.1 Å². The standard InChI is InChI=1S/C27H24N2O/c1-18-12-13-22-21-10-7-11-23(25(21)30-26(22)29-18)24-16-19(14-15-28-24)17-27(2,3)20-8-5-4-6-9-20/h4-16H,17H2,1-3H3/i1D3,17D2. The molecule has 0 fully saturated rings. The summed E-state index contributed by atoms with van der Waals surface area (Å²) in [6, 6.07) is 21.9. The van der Waals surface area contributed by atoms with E-state index in [-0.39, 0.29) is 11.4 Å². The monoisotopic (exact) mass is 397 g/mol. The minimum Gasteiger partial charge on any atom is -0.437 e. The van der Waals surface area contributed by atoms with Crippen molar-refractivity contribution in [3.63, 3.8) is 0 Å². The molecule has 0 bridgehead atoms. The van der Waals surface area contributed by atoms with Crippen molar-refractivity contribution in [2.75, 3.05) is 0 Å². The summed E-state index contributed by atoms with van der Waals surface area (Å²) >= 11 is 0. The van der Waals surface area contributed by atoms with Crippen molar-refractivity contribution in [3.05, 3.63) is 95.8 Å². The number of hydrogen-bond donors (Lipinski definition) is 0. The van der Waals surface area contributed by atoms with Gasteiger partial charge in [-0.1, -0.05) is 56.3 Å². The van der Waals surface area contributed by atoms with Gasteiger partial charge in [0, 0.05) is 35.1 Å². The third-order valence-corrected chi connectivity index (χ3v) is 5.35. The second-order valence-electron chi connectivity index (χ2n) is 7.88. The Morgan fingerprint density at radius 1 is 0.967 bits per heavy atom. The Hall–Kier alpha value is -3.46. The van der Waals surface area contributed by atoms with E-state index in [4.69, 9.17) is 11.3 Å². The Bertz CT molecular complexity index is 1540. The SMILES string of the molecule is [2H]C([2H])([2H])c1ccc2c(n1)oc1c(-c3cc(C([2H])([2H])C(C)(C)c4ccccc4)ccn3)cccc12. The number of benzene rings is 2. The van der Waals surface area contributed by atoms with Gasteiger partial charge in [0.1, 0.15) is 5.58 Å². The normalized spacial score (nSPS) is 15.3. The van der Waals surface area contributed by atoms with Crippen LogP contribution in [0.5, 0.6) is 0 Å². The molecule has 0 aliphatic heterocycles. The molecule has 5 aromatic rings. The van der Waals surface area contributed by atoms with Crippen LogP contribution in [0, 0.1) is 6.85 Å². The first-order chi connectivity index (χ1) is 16.5. The fourth-order valence-corrected chi connectivity index (χ4v) is 3.82. The summed E-state index contributed by atoms with van der Waals surface area (Å²) in [5.41, 5.74) is 2.62. The van der Waals surface area contributed by atoms with E-state index in [1.165, 1.54) is 6.07 Å². The largest absolute Gasteiger partial charge is 0.437 e. The van der Waals surface area contributed by atoms with Gasteiger partial charge in [-0.25, -0.2) is 4.98 Å². The lowest BCUT2D eigenvalue weighted by atomic mass is 9.79. The van der Waals surface area contributed by atoms with Gasteiger partial charge in [0.05, 0.1) is 5.69 Å². The lowest BCUT2D eigenvalue weighted by Gasteiger charge is -2.25. The van der Waals surface area contributed by atoms with E-state index in [2.05, 4.69) is 9.97 Å². The highest BCUT2D eigenvalue weighted by atomic mass is 16.3. The summed E-state index contributed by atoms with van der Waals surface area (Å²) in [5, 5.41) is 1.51. The maximum atomic E-state index is 9.05. The van der Waals surface area contributed by atoms with Crippen LogP contribution in [0.2, 0.25) is 0 Å². The van der Waals surface area contributed by atoms with Crippen molar-refractivity contribution in [1.29, 1.82) is 0 Å². The van der Waals surface area contributed by atoms with Gasteiger partial charge in [-0.3, -0.25) is 4.98 Å². The van der Waals surface area contributed by atoms with E-state index in [1.54, 1.807) is 24.4 Å². The van der Waals surface area contributed by atoms with E-state index in [0.717, 1.165) is 10.9 Å². The smallest absolute Gasteiger partial charge is 0.227 e. The molecule has 0 spiro atoms. The molecule has 0 saturated heterocycles. The Labute approximate surface area is 183 Å². The molecule has 148 valence electrons. The predicted molar refractivity (Wildman–Crippen MR) is 123 cm³/mol. The first-order valence-electron chi connectivity index (χ1n) is 12.4. The number of rotatable bonds is 4. The van der Waals surface area contributed by atoms with E-state index in [0.29, 0.717) is 27.8 Å². The van der Waals surface area contributed by atoms with Crippen LogP contribution in [0.4, 0.5) is 0 Å². The van der Waals surface area contributed by atoms with Crippen LogP contribution in [0.25, 0.3) is 33.3 Å². The van der Waals surface area contributed by atoms with E-state index in [9.17, 15) is 0 Å². The molecule has 5 rings (SSSR count). The molecule has 3 nitrogen and oxygen atoms in total. The lowest BCUT2D eigenvalue weighted by molar-refractivity contribution is 0.522. The van der Waals surface area contributed by atoms with Crippen molar-refractivity contribution in [2.45, 2.75) is 32.5 Å². The Kier molecular flexibility index (Phi) is 3.24. The highest BCUT2D eigenvalue weighted by molar-refractivity contribution is 6.08. The van der Waals surface area contributed by atoms with Gasteiger partial charge in [0.25, 0.3) is 0 Å². The molecule has 0 aliphatic carbocycles. The number of aryl methyl sites for hydroxylation is 1. The summed E-state index contributed by atoms with van der Waals surface area (Å²) in [5.74, 6) is 0. The number of nitrogens with zero attached hydrogens (tertiary/aromatic N) is 2. The van der Waals surface area contributed by atoms with Crippen molar-refractivity contribution in [3.8, 4) is 11.3 Å². The maximum Gasteiger partial charge on any atom is 0.227 e. The van der Waals surface area contributed by atoms with Gasteiger partial charge < -0.3 is 4.42 Å². The molecule has 0 atom stereocenters. The summed E-state index contributed by atoms with van der Waals surface area (Å²) < 4.78 is 47.1. The Balaban J connectivity index is 1.63. The van der Waals surface area contributed by atoms with Crippen LogP contribution in [-0.4, -0.2) is 9.97 Å². The van der Waals surface area contributed by atoms with Crippen LogP contribution in [0.15, 0.2) is 83.4 Å². The van der Waals surface area contributed by atoms with Crippen LogP contribution in [-0.2, 0) is 11.8 Å². The molecule has 0 aliphatic rings. The van der Waals surface area contributed by atoms with E-state index in [1.807, 2.05) is 62.4 Å². The molecule has 2 aromatic carbocycles. The molecule has 3 heteroatoms. The zero-order valence-corrected chi connectivity index (χ0v) is 16.8. The van der Waals surface area contributed by atoms with Crippen LogP contribution in [0.1, 0.15) is 37.5 Å². The van der Waals surface area contributed by atoms with Gasteiger partial charge in [-0.15, -0.1) is 0 Å². The number of hydrogen-bond acceptors (Lipinski definition) is 3. The Morgan fingerprint density at radius 3 is 2.67 bits per heavy atom. The van der Waals surface area contributed by atoms with E-state index < -0.39 is 18.6 Å². The first-order valence-corrected chi connectivity index (χ1v) is 9.85.